The van der Waals surface area contributed by atoms with Crippen molar-refractivity contribution in [2.24, 2.45) is 9.98 Å². The maximum Gasteiger partial charge on any atom is 0.250 e. The Hall–Kier alpha value is -5.02. The van der Waals surface area contributed by atoms with Crippen molar-refractivity contribution in [3.8, 4) is 0 Å². The minimum atomic E-state index is -0.918. The SMILES string of the molecule is O=C1Nc2ccccc2C(c2ccccc2F)=N[C@H]1CNC[C@@H]1N=C(c2ccccc2F)c2ccccc2NC1=O. The molecule has 7 nitrogen and oxygen atoms in total. The molecule has 0 fully saturated rings. The summed E-state index contributed by atoms with van der Waals surface area (Å²) in [5.74, 6) is -1.65. The van der Waals surface area contributed by atoms with E-state index in [1.165, 1.54) is 12.1 Å². The highest BCUT2D eigenvalue weighted by atomic mass is 19.1. The molecular weight excluding hydrogens is 524 g/mol. The van der Waals surface area contributed by atoms with Crippen LogP contribution in [0.3, 0.4) is 0 Å². The third kappa shape index (κ3) is 5.27. The van der Waals surface area contributed by atoms with E-state index >= 15 is 0 Å². The van der Waals surface area contributed by atoms with E-state index in [4.69, 9.17) is 0 Å². The third-order valence-electron chi connectivity index (χ3n) is 6.99. The minimum Gasteiger partial charge on any atom is -0.324 e. The van der Waals surface area contributed by atoms with Crippen molar-refractivity contribution in [2.75, 3.05) is 23.7 Å². The number of rotatable bonds is 6. The van der Waals surface area contributed by atoms with E-state index in [0.29, 0.717) is 33.9 Å². The van der Waals surface area contributed by atoms with E-state index in [0.717, 1.165) is 0 Å². The second-order valence-corrected chi connectivity index (χ2v) is 9.67. The first-order chi connectivity index (χ1) is 20.0. The number of nitrogens with zero attached hydrogens (tertiary/aromatic N) is 2. The Balaban J connectivity index is 1.29. The number of hydrogen-bond donors (Lipinski definition) is 3. The van der Waals surface area contributed by atoms with Gasteiger partial charge in [-0.1, -0.05) is 60.7 Å². The first-order valence-corrected chi connectivity index (χ1v) is 13.2. The predicted molar refractivity (Wildman–Crippen MR) is 155 cm³/mol. The van der Waals surface area contributed by atoms with Gasteiger partial charge in [0.1, 0.15) is 23.7 Å². The van der Waals surface area contributed by atoms with E-state index < -0.39 is 23.7 Å². The molecule has 6 rings (SSSR count). The number of fused-ring (bicyclic) bond motifs is 2. The van der Waals surface area contributed by atoms with Gasteiger partial charge in [0.25, 0.3) is 11.8 Å². The van der Waals surface area contributed by atoms with Crippen molar-refractivity contribution in [3.05, 3.63) is 131 Å². The van der Waals surface area contributed by atoms with Crippen molar-refractivity contribution < 1.29 is 18.4 Å². The van der Waals surface area contributed by atoms with Crippen molar-refractivity contribution in [3.63, 3.8) is 0 Å². The minimum absolute atomic E-state index is 0.0546. The molecule has 0 saturated heterocycles. The number of para-hydroxylation sites is 2. The van der Waals surface area contributed by atoms with Gasteiger partial charge < -0.3 is 16.0 Å². The van der Waals surface area contributed by atoms with Crippen LogP contribution in [0.5, 0.6) is 0 Å². The van der Waals surface area contributed by atoms with Gasteiger partial charge in [0.05, 0.1) is 22.8 Å². The van der Waals surface area contributed by atoms with Crippen LogP contribution in [0.15, 0.2) is 107 Å². The first kappa shape index (κ1) is 26.2. The third-order valence-corrected chi connectivity index (χ3v) is 6.99. The zero-order valence-corrected chi connectivity index (χ0v) is 21.8. The average Bonchev–Trinajstić information content (AvgIpc) is 3.21. The second kappa shape index (κ2) is 11.2. The molecular formula is C32H25F2N5O2. The molecule has 2 aliphatic heterocycles. The maximum absolute atomic E-state index is 14.8. The summed E-state index contributed by atoms with van der Waals surface area (Å²) in [6.07, 6.45) is 0. The number of nitrogens with one attached hydrogen (secondary N) is 3. The Bertz CT molecular complexity index is 1590. The molecule has 3 N–H and O–H groups in total. The first-order valence-electron chi connectivity index (χ1n) is 13.2. The number of hydrogen-bond acceptors (Lipinski definition) is 5. The van der Waals surface area contributed by atoms with E-state index in [1.807, 2.05) is 0 Å². The number of carbonyl (C=O) groups excluding carboxylic acids is 2. The quantitative estimate of drug-likeness (QED) is 0.329. The monoisotopic (exact) mass is 549 g/mol. The van der Waals surface area contributed by atoms with Crippen molar-refractivity contribution in [1.82, 2.24) is 5.32 Å². The van der Waals surface area contributed by atoms with Crippen molar-refractivity contribution in [1.29, 1.82) is 0 Å². The Morgan fingerprint density at radius 1 is 0.561 bits per heavy atom. The van der Waals surface area contributed by atoms with Crippen LogP contribution < -0.4 is 16.0 Å². The number of halogens is 2. The molecule has 4 aromatic rings. The predicted octanol–water partition coefficient (Wildman–Crippen LogP) is 4.57. The molecule has 0 aliphatic carbocycles. The van der Waals surface area contributed by atoms with Crippen LogP contribution in [-0.2, 0) is 9.59 Å². The molecule has 2 aliphatic rings. The van der Waals surface area contributed by atoms with Gasteiger partial charge in [-0.25, -0.2) is 8.78 Å². The van der Waals surface area contributed by atoms with Crippen molar-refractivity contribution in [2.45, 2.75) is 12.1 Å². The molecule has 0 saturated carbocycles. The highest BCUT2D eigenvalue weighted by molar-refractivity contribution is 6.20. The Morgan fingerprint density at radius 2 is 0.927 bits per heavy atom. The summed E-state index contributed by atoms with van der Waals surface area (Å²) in [5, 5.41) is 8.91. The molecule has 0 bridgehead atoms. The van der Waals surface area contributed by atoms with Gasteiger partial charge in [0.15, 0.2) is 0 Å². The highest BCUT2D eigenvalue weighted by Gasteiger charge is 2.29. The van der Waals surface area contributed by atoms with E-state index in [1.54, 1.807) is 84.9 Å². The zero-order chi connectivity index (χ0) is 28.3. The molecule has 4 aromatic carbocycles. The number of anilines is 2. The Kier molecular flexibility index (Phi) is 7.18. The average molecular weight is 550 g/mol. The van der Waals surface area contributed by atoms with Crippen LogP contribution in [-0.4, -0.2) is 48.4 Å². The molecule has 0 aromatic heterocycles. The van der Waals surface area contributed by atoms with Gasteiger partial charge in [0, 0.05) is 35.3 Å². The summed E-state index contributed by atoms with van der Waals surface area (Å²) in [4.78, 5) is 35.7. The summed E-state index contributed by atoms with van der Waals surface area (Å²) in [6, 6.07) is 24.9. The Morgan fingerprint density at radius 3 is 1.34 bits per heavy atom. The lowest BCUT2D eigenvalue weighted by Crippen LogP contribution is -2.41. The molecule has 204 valence electrons. The van der Waals surface area contributed by atoms with Gasteiger partial charge in [-0.05, 0) is 36.4 Å². The van der Waals surface area contributed by atoms with Crippen molar-refractivity contribution >= 4 is 34.6 Å². The molecule has 2 amide bonds. The van der Waals surface area contributed by atoms with Crippen LogP contribution in [0.25, 0.3) is 0 Å². The fourth-order valence-corrected chi connectivity index (χ4v) is 4.97. The summed E-state index contributed by atoms with van der Waals surface area (Å²) in [7, 11) is 0. The smallest absolute Gasteiger partial charge is 0.250 e. The van der Waals surface area contributed by atoms with Crippen LogP contribution >= 0.6 is 0 Å². The molecule has 0 spiro atoms. The summed E-state index contributed by atoms with van der Waals surface area (Å²) < 4.78 is 29.7. The lowest BCUT2D eigenvalue weighted by Gasteiger charge is -2.16. The van der Waals surface area contributed by atoms with Gasteiger partial charge in [-0.3, -0.25) is 19.6 Å². The summed E-state index contributed by atoms with van der Waals surface area (Å²) in [5.41, 5.74) is 3.53. The number of benzodiazepines with no additional fused rings is 2. The second-order valence-electron chi connectivity index (χ2n) is 9.67. The maximum atomic E-state index is 14.8. The Labute approximate surface area is 235 Å². The normalized spacial score (nSPS) is 18.1. The fraction of sp³-hybridized carbons (Fsp3) is 0.125. The van der Waals surface area contributed by atoms with E-state index in [9.17, 15) is 18.4 Å². The molecule has 2 atom stereocenters. The lowest BCUT2D eigenvalue weighted by molar-refractivity contribution is -0.117. The van der Waals surface area contributed by atoms with Gasteiger partial charge in [-0.2, -0.15) is 0 Å². The van der Waals surface area contributed by atoms with Gasteiger partial charge >= 0.3 is 0 Å². The molecule has 41 heavy (non-hydrogen) atoms. The van der Waals surface area contributed by atoms with Crippen LogP contribution in [0.2, 0.25) is 0 Å². The standard InChI is InChI=1S/C32H25F2N5O2/c33-23-13-5-1-9-19(23)29-21-11-3-7-15-25(21)38-31(40)27(36-29)17-35-18-28-32(41)39-26-16-8-4-12-22(26)30(37-28)20-10-2-6-14-24(20)34/h1-16,27-28,35H,17-18H2,(H,38,40)(H,39,41)/t27-,28-/m0/s1. The lowest BCUT2D eigenvalue weighted by atomic mass is 10.00. The summed E-state index contributed by atoms with van der Waals surface area (Å²) in [6.45, 7) is 0.109. The molecule has 9 heteroatoms. The number of amides is 2. The number of carbonyl (C=O) groups is 2. The van der Waals surface area contributed by atoms with E-state index in [-0.39, 0.29) is 36.0 Å². The largest absolute Gasteiger partial charge is 0.324 e. The van der Waals surface area contributed by atoms with Crippen LogP contribution in [0.1, 0.15) is 22.3 Å². The highest BCUT2D eigenvalue weighted by Crippen LogP contribution is 2.27. The fourth-order valence-electron chi connectivity index (χ4n) is 4.97. The van der Waals surface area contributed by atoms with Crippen LogP contribution in [0.4, 0.5) is 20.2 Å². The topological polar surface area (TPSA) is 94.9 Å². The number of benzene rings is 4. The molecule has 0 radical (unpaired) electrons. The summed E-state index contributed by atoms with van der Waals surface area (Å²) >= 11 is 0. The van der Waals surface area contributed by atoms with Gasteiger partial charge in [0.2, 0.25) is 0 Å². The molecule has 2 heterocycles. The van der Waals surface area contributed by atoms with E-state index in [2.05, 4.69) is 25.9 Å². The van der Waals surface area contributed by atoms with Gasteiger partial charge in [-0.15, -0.1) is 0 Å². The molecule has 0 unspecified atom stereocenters. The van der Waals surface area contributed by atoms with Crippen LogP contribution in [0, 0.1) is 11.6 Å². The zero-order valence-electron chi connectivity index (χ0n) is 21.8. The number of aliphatic imine (C=N–C) groups is 2.